The van der Waals surface area contributed by atoms with Crippen molar-refractivity contribution in [3.05, 3.63) is 82.9 Å². The number of anilines is 1. The van der Waals surface area contributed by atoms with E-state index in [4.69, 9.17) is 10.4 Å². The Hall–Kier alpha value is -3.84. The largest absolute Gasteiger partial charge is 0.477 e. The molecule has 0 bridgehead atoms. The highest BCUT2D eigenvalue weighted by molar-refractivity contribution is 5.96. The Balaban J connectivity index is 1.56. The lowest BCUT2D eigenvalue weighted by molar-refractivity contribution is -0.132. The molecule has 3 aromatic carbocycles. The molecule has 4 rings (SSSR count). The summed E-state index contributed by atoms with van der Waals surface area (Å²) in [6.07, 6.45) is 7.18. The van der Waals surface area contributed by atoms with E-state index in [1.807, 2.05) is 24.3 Å². The number of carboxylic acids is 1. The topological polar surface area (TPSA) is 64.3 Å². The molecule has 1 aliphatic rings. The normalized spacial score (nSPS) is 12.1. The van der Waals surface area contributed by atoms with E-state index in [-0.39, 0.29) is 5.57 Å². The van der Waals surface area contributed by atoms with Crippen molar-refractivity contribution in [1.82, 2.24) is 0 Å². The lowest BCUT2D eigenvalue weighted by atomic mass is 9.98. The molecule has 1 aliphatic carbocycles. The Labute approximate surface area is 208 Å². The number of carboxylic acid groups (broad SMARTS) is 1. The van der Waals surface area contributed by atoms with Gasteiger partial charge in [-0.3, -0.25) is 0 Å². The molecular formula is C31H32N2O2. The van der Waals surface area contributed by atoms with Gasteiger partial charge in [0.15, 0.2) is 0 Å². The second-order valence-corrected chi connectivity index (χ2v) is 9.18. The van der Waals surface area contributed by atoms with Gasteiger partial charge >= 0.3 is 5.97 Å². The molecule has 4 heteroatoms. The highest BCUT2D eigenvalue weighted by atomic mass is 16.4. The quantitative estimate of drug-likeness (QED) is 0.197. The van der Waals surface area contributed by atoms with Crippen molar-refractivity contribution in [2.75, 3.05) is 18.0 Å². The van der Waals surface area contributed by atoms with Crippen molar-refractivity contribution in [2.24, 2.45) is 0 Å². The van der Waals surface area contributed by atoms with Gasteiger partial charge in [0, 0.05) is 18.8 Å². The molecule has 0 fully saturated rings. The number of nitriles is 1. The van der Waals surface area contributed by atoms with Gasteiger partial charge in [-0.05, 0) is 76.4 Å². The number of carbonyl (C=O) groups is 1. The third-order valence-corrected chi connectivity index (χ3v) is 6.70. The van der Waals surface area contributed by atoms with Crippen LogP contribution < -0.4 is 4.90 Å². The number of hydrogen-bond donors (Lipinski definition) is 1. The maximum absolute atomic E-state index is 11.1. The van der Waals surface area contributed by atoms with E-state index in [0.29, 0.717) is 5.56 Å². The van der Waals surface area contributed by atoms with Crippen molar-refractivity contribution < 1.29 is 9.90 Å². The number of rotatable bonds is 10. The third kappa shape index (κ3) is 5.46. The van der Waals surface area contributed by atoms with Crippen molar-refractivity contribution >= 4 is 17.7 Å². The van der Waals surface area contributed by atoms with Gasteiger partial charge in [-0.1, -0.05) is 75.2 Å². The van der Waals surface area contributed by atoms with Crippen LogP contribution in [-0.4, -0.2) is 24.2 Å². The zero-order chi connectivity index (χ0) is 24.8. The lowest BCUT2D eigenvalue weighted by Crippen LogP contribution is -2.25. The zero-order valence-electron chi connectivity index (χ0n) is 20.6. The van der Waals surface area contributed by atoms with Crippen LogP contribution in [0, 0.1) is 11.3 Å². The van der Waals surface area contributed by atoms with Crippen molar-refractivity contribution in [1.29, 1.82) is 5.26 Å². The van der Waals surface area contributed by atoms with E-state index in [1.165, 1.54) is 59.7 Å². The van der Waals surface area contributed by atoms with E-state index in [9.17, 15) is 4.79 Å². The summed E-state index contributed by atoms with van der Waals surface area (Å²) in [7, 11) is 0. The van der Waals surface area contributed by atoms with E-state index in [1.54, 1.807) is 6.07 Å². The summed E-state index contributed by atoms with van der Waals surface area (Å²) in [5, 5.41) is 18.0. The fourth-order valence-corrected chi connectivity index (χ4v) is 4.72. The second kappa shape index (κ2) is 11.1. The summed E-state index contributed by atoms with van der Waals surface area (Å²) in [6, 6.07) is 23.0. The molecule has 35 heavy (non-hydrogen) atoms. The highest BCUT2D eigenvalue weighted by Crippen LogP contribution is 2.40. The summed E-state index contributed by atoms with van der Waals surface area (Å²) in [4.78, 5) is 13.6. The SMILES string of the molecule is CCCCN(CCCC)c1ccc2c(c1)Cc1cc(-c3ccc(/C=C(/C#N)C(=O)O)cc3)ccc1-2. The molecule has 0 spiro atoms. The average molecular weight is 465 g/mol. The minimum Gasteiger partial charge on any atom is -0.477 e. The Bertz CT molecular complexity index is 1270. The monoisotopic (exact) mass is 464 g/mol. The van der Waals surface area contributed by atoms with E-state index in [0.717, 1.165) is 30.6 Å². The number of hydrogen-bond acceptors (Lipinski definition) is 3. The van der Waals surface area contributed by atoms with E-state index < -0.39 is 5.97 Å². The lowest BCUT2D eigenvalue weighted by Gasteiger charge is -2.25. The van der Waals surface area contributed by atoms with Crippen LogP contribution in [-0.2, 0) is 11.2 Å². The van der Waals surface area contributed by atoms with Crippen LogP contribution in [0.1, 0.15) is 56.2 Å². The molecular weight excluding hydrogens is 432 g/mol. The number of nitrogens with zero attached hydrogens (tertiary/aromatic N) is 2. The fraction of sp³-hybridized carbons (Fsp3) is 0.290. The molecule has 0 aliphatic heterocycles. The first-order valence-electron chi connectivity index (χ1n) is 12.5. The smallest absolute Gasteiger partial charge is 0.346 e. The van der Waals surface area contributed by atoms with Crippen LogP contribution in [0.4, 0.5) is 5.69 Å². The average Bonchev–Trinajstić information content (AvgIpc) is 3.24. The first-order chi connectivity index (χ1) is 17.0. The van der Waals surface area contributed by atoms with Gasteiger partial charge in [0.05, 0.1) is 0 Å². The number of benzene rings is 3. The summed E-state index contributed by atoms with van der Waals surface area (Å²) in [5.74, 6) is -1.21. The van der Waals surface area contributed by atoms with Gasteiger partial charge in [0.2, 0.25) is 0 Å². The molecule has 0 saturated heterocycles. The van der Waals surface area contributed by atoms with Crippen molar-refractivity contribution in [2.45, 2.75) is 46.0 Å². The maximum Gasteiger partial charge on any atom is 0.346 e. The van der Waals surface area contributed by atoms with E-state index in [2.05, 4.69) is 55.1 Å². The zero-order valence-corrected chi connectivity index (χ0v) is 20.6. The summed E-state index contributed by atoms with van der Waals surface area (Å²) >= 11 is 0. The van der Waals surface area contributed by atoms with Crippen molar-refractivity contribution in [3.63, 3.8) is 0 Å². The van der Waals surface area contributed by atoms with Crippen LogP contribution in [0.3, 0.4) is 0 Å². The van der Waals surface area contributed by atoms with Crippen LogP contribution >= 0.6 is 0 Å². The molecule has 0 radical (unpaired) electrons. The molecule has 0 saturated carbocycles. The van der Waals surface area contributed by atoms with Gasteiger partial charge in [-0.25, -0.2) is 4.79 Å². The van der Waals surface area contributed by atoms with Gasteiger partial charge < -0.3 is 10.0 Å². The maximum atomic E-state index is 11.1. The van der Waals surface area contributed by atoms with Gasteiger partial charge in [-0.2, -0.15) is 5.26 Å². The van der Waals surface area contributed by atoms with Crippen molar-refractivity contribution in [3.8, 4) is 28.3 Å². The molecule has 0 atom stereocenters. The molecule has 1 N–H and O–H groups in total. The third-order valence-electron chi connectivity index (χ3n) is 6.70. The number of unbranched alkanes of at least 4 members (excludes halogenated alkanes) is 2. The first kappa shape index (κ1) is 24.3. The minimum absolute atomic E-state index is 0.268. The molecule has 3 aromatic rings. The molecule has 178 valence electrons. The number of fused-ring (bicyclic) bond motifs is 3. The predicted molar refractivity (Wildman–Crippen MR) is 143 cm³/mol. The Morgan fingerprint density at radius 2 is 1.51 bits per heavy atom. The summed E-state index contributed by atoms with van der Waals surface area (Å²) in [5.41, 5.74) is 9.35. The minimum atomic E-state index is -1.21. The summed E-state index contributed by atoms with van der Waals surface area (Å²) < 4.78 is 0. The molecule has 0 aromatic heterocycles. The standard InChI is InChI=1S/C31H32N2O2/c1-3-5-15-33(16-6-4-2)28-12-14-30-26(20-28)19-25-18-24(11-13-29(25)30)23-9-7-22(8-10-23)17-27(21-32)31(34)35/h7-14,17-18,20H,3-6,15-16,19H2,1-2H3,(H,34,35)/b27-17-. The van der Waals surface area contributed by atoms with Crippen LogP contribution in [0.2, 0.25) is 0 Å². The Morgan fingerprint density at radius 3 is 2.11 bits per heavy atom. The van der Waals surface area contributed by atoms with E-state index >= 15 is 0 Å². The Morgan fingerprint density at radius 1 is 0.914 bits per heavy atom. The van der Waals surface area contributed by atoms with Gasteiger partial charge in [0.1, 0.15) is 11.6 Å². The first-order valence-corrected chi connectivity index (χ1v) is 12.5. The summed E-state index contributed by atoms with van der Waals surface area (Å²) in [6.45, 7) is 6.72. The molecule has 4 nitrogen and oxygen atoms in total. The van der Waals surface area contributed by atoms with Crippen LogP contribution in [0.25, 0.3) is 28.3 Å². The number of aliphatic carboxylic acids is 1. The highest BCUT2D eigenvalue weighted by Gasteiger charge is 2.20. The molecule has 0 heterocycles. The van der Waals surface area contributed by atoms with Gasteiger partial charge in [0.25, 0.3) is 0 Å². The fourth-order valence-electron chi connectivity index (χ4n) is 4.72. The van der Waals surface area contributed by atoms with Gasteiger partial charge in [-0.15, -0.1) is 0 Å². The van der Waals surface area contributed by atoms with Crippen LogP contribution in [0.15, 0.2) is 66.2 Å². The van der Waals surface area contributed by atoms with Crippen LogP contribution in [0.5, 0.6) is 0 Å². The predicted octanol–water partition coefficient (Wildman–Crippen LogP) is 7.32. The molecule has 0 unspecified atom stereocenters. The molecule has 0 amide bonds. The Kier molecular flexibility index (Phi) is 7.67. The second-order valence-electron chi connectivity index (χ2n) is 9.18.